The van der Waals surface area contributed by atoms with E-state index >= 15 is 0 Å². The molecule has 0 spiro atoms. The smallest absolute Gasteiger partial charge is 0.169 e. The van der Waals surface area contributed by atoms with Crippen molar-refractivity contribution in [1.82, 2.24) is 4.98 Å². The predicted octanol–water partition coefficient (Wildman–Crippen LogP) is 3.17. The van der Waals surface area contributed by atoms with Crippen molar-refractivity contribution in [2.45, 2.75) is 25.9 Å². The van der Waals surface area contributed by atoms with Crippen molar-refractivity contribution >= 4 is 5.69 Å². The molecule has 1 aliphatic rings. The second-order valence-electron chi connectivity index (χ2n) is 5.34. The van der Waals surface area contributed by atoms with Crippen LogP contribution in [0.5, 0.6) is 17.2 Å². The van der Waals surface area contributed by atoms with Crippen molar-refractivity contribution in [2.75, 3.05) is 5.73 Å². The fraction of sp³-hybridized carbons (Fsp3) is 0.267. The summed E-state index contributed by atoms with van der Waals surface area (Å²) >= 11 is 0. The monoisotopic (exact) mass is 256 g/mol. The highest BCUT2D eigenvalue weighted by Crippen LogP contribution is 2.43. The number of hydrogen-bond donors (Lipinski definition) is 1. The second-order valence-corrected chi connectivity index (χ2v) is 5.34. The van der Waals surface area contributed by atoms with Gasteiger partial charge in [0.1, 0.15) is 11.4 Å². The van der Waals surface area contributed by atoms with Crippen LogP contribution in [0.3, 0.4) is 0 Å². The van der Waals surface area contributed by atoms with Crippen LogP contribution >= 0.6 is 0 Å². The Hall–Kier alpha value is -2.23. The quantitative estimate of drug-likeness (QED) is 0.896. The van der Waals surface area contributed by atoms with E-state index in [1.165, 1.54) is 5.56 Å². The maximum atomic E-state index is 5.95. The number of benzene rings is 1. The van der Waals surface area contributed by atoms with Gasteiger partial charge in [-0.25, -0.2) is 0 Å². The molecule has 0 bridgehead atoms. The maximum Gasteiger partial charge on any atom is 0.169 e. The first-order chi connectivity index (χ1) is 9.03. The summed E-state index contributed by atoms with van der Waals surface area (Å²) in [5.74, 6) is 2.13. The fourth-order valence-corrected chi connectivity index (χ4v) is 2.29. The number of para-hydroxylation sites is 1. The normalized spacial score (nSPS) is 15.7. The maximum absolute atomic E-state index is 5.95. The third kappa shape index (κ3) is 2.34. The Morgan fingerprint density at radius 2 is 2.16 bits per heavy atom. The molecule has 4 nitrogen and oxygen atoms in total. The average Bonchev–Trinajstić information content (AvgIpc) is 2.64. The van der Waals surface area contributed by atoms with Crippen molar-refractivity contribution in [3.8, 4) is 17.2 Å². The van der Waals surface area contributed by atoms with Gasteiger partial charge in [0.15, 0.2) is 11.5 Å². The second kappa shape index (κ2) is 4.16. The van der Waals surface area contributed by atoms with Crippen LogP contribution in [0.4, 0.5) is 5.69 Å². The number of rotatable bonds is 2. The number of nitrogen functional groups attached to an aromatic ring is 1. The van der Waals surface area contributed by atoms with Crippen molar-refractivity contribution in [2.24, 2.45) is 0 Å². The lowest BCUT2D eigenvalue weighted by Crippen LogP contribution is -2.24. The molecular formula is C15H16N2O2. The van der Waals surface area contributed by atoms with Gasteiger partial charge in [-0.3, -0.25) is 4.98 Å². The third-order valence-corrected chi connectivity index (χ3v) is 3.02. The minimum absolute atomic E-state index is 0.185. The van der Waals surface area contributed by atoms with Gasteiger partial charge in [0.25, 0.3) is 0 Å². The van der Waals surface area contributed by atoms with E-state index in [1.54, 1.807) is 18.5 Å². The van der Waals surface area contributed by atoms with Crippen LogP contribution in [0.15, 0.2) is 36.7 Å². The van der Waals surface area contributed by atoms with Crippen LogP contribution in [0.1, 0.15) is 19.4 Å². The van der Waals surface area contributed by atoms with Crippen LogP contribution in [0.2, 0.25) is 0 Å². The lowest BCUT2D eigenvalue weighted by molar-refractivity contribution is 0.135. The zero-order valence-corrected chi connectivity index (χ0v) is 11.0. The summed E-state index contributed by atoms with van der Waals surface area (Å²) in [4.78, 5) is 4.01. The average molecular weight is 256 g/mol. The number of nitrogens with two attached hydrogens (primary N) is 1. The van der Waals surface area contributed by atoms with E-state index < -0.39 is 0 Å². The molecule has 2 N–H and O–H groups in total. The Morgan fingerprint density at radius 1 is 1.32 bits per heavy atom. The van der Waals surface area contributed by atoms with Crippen LogP contribution in [-0.2, 0) is 6.42 Å². The van der Waals surface area contributed by atoms with Gasteiger partial charge in [-0.1, -0.05) is 12.1 Å². The van der Waals surface area contributed by atoms with Crippen molar-refractivity contribution in [3.63, 3.8) is 0 Å². The number of hydrogen-bond acceptors (Lipinski definition) is 4. The summed E-state index contributed by atoms with van der Waals surface area (Å²) < 4.78 is 11.8. The number of nitrogens with zero attached hydrogens (tertiary/aromatic N) is 1. The molecule has 2 aromatic rings. The largest absolute Gasteiger partial charge is 0.483 e. The number of fused-ring (bicyclic) bond motifs is 1. The molecule has 2 heterocycles. The molecule has 1 aromatic heterocycles. The molecule has 0 radical (unpaired) electrons. The molecule has 4 heteroatoms. The molecule has 0 atom stereocenters. The molecule has 0 saturated heterocycles. The van der Waals surface area contributed by atoms with E-state index in [0.29, 0.717) is 17.2 Å². The molecule has 0 saturated carbocycles. The first-order valence-corrected chi connectivity index (χ1v) is 6.23. The van der Waals surface area contributed by atoms with Gasteiger partial charge in [0, 0.05) is 18.1 Å². The van der Waals surface area contributed by atoms with Gasteiger partial charge in [-0.15, -0.1) is 0 Å². The Morgan fingerprint density at radius 3 is 2.95 bits per heavy atom. The lowest BCUT2D eigenvalue weighted by Gasteiger charge is -2.18. The highest BCUT2D eigenvalue weighted by molar-refractivity contribution is 5.52. The van der Waals surface area contributed by atoms with Crippen LogP contribution in [-0.4, -0.2) is 10.6 Å². The molecular weight excluding hydrogens is 240 g/mol. The first-order valence-electron chi connectivity index (χ1n) is 6.23. The number of aromatic nitrogens is 1. The van der Waals surface area contributed by atoms with Gasteiger partial charge in [0.2, 0.25) is 0 Å². The SMILES string of the molecule is CC1(C)Cc2cccc(Oc3cncc(N)c3)c2O1. The van der Waals surface area contributed by atoms with Crippen LogP contribution in [0, 0.1) is 0 Å². The van der Waals surface area contributed by atoms with E-state index in [9.17, 15) is 0 Å². The van der Waals surface area contributed by atoms with Gasteiger partial charge in [-0.2, -0.15) is 0 Å². The Kier molecular flexibility index (Phi) is 2.59. The molecule has 1 aliphatic heterocycles. The minimum atomic E-state index is -0.185. The van der Waals surface area contributed by atoms with Crippen molar-refractivity contribution in [3.05, 3.63) is 42.2 Å². The van der Waals surface area contributed by atoms with E-state index in [2.05, 4.69) is 24.9 Å². The summed E-state index contributed by atoms with van der Waals surface area (Å²) in [6.45, 7) is 4.14. The zero-order valence-electron chi connectivity index (χ0n) is 11.0. The molecule has 0 amide bonds. The van der Waals surface area contributed by atoms with Crippen LogP contribution < -0.4 is 15.2 Å². The summed E-state index contributed by atoms with van der Waals surface area (Å²) in [5, 5.41) is 0. The molecule has 0 aliphatic carbocycles. The van der Waals surface area contributed by atoms with E-state index in [0.717, 1.165) is 12.2 Å². The highest BCUT2D eigenvalue weighted by Gasteiger charge is 2.32. The third-order valence-electron chi connectivity index (χ3n) is 3.02. The van der Waals surface area contributed by atoms with Gasteiger partial charge in [0.05, 0.1) is 18.1 Å². The summed E-state index contributed by atoms with van der Waals surface area (Å²) in [5.41, 5.74) is 7.25. The van der Waals surface area contributed by atoms with Crippen molar-refractivity contribution < 1.29 is 9.47 Å². The minimum Gasteiger partial charge on any atom is -0.483 e. The number of ether oxygens (including phenoxy) is 2. The van der Waals surface area contributed by atoms with E-state index in [1.807, 2.05) is 12.1 Å². The molecule has 0 fully saturated rings. The van der Waals surface area contributed by atoms with Crippen molar-refractivity contribution in [1.29, 1.82) is 0 Å². The Bertz CT molecular complexity index is 623. The van der Waals surface area contributed by atoms with Gasteiger partial charge >= 0.3 is 0 Å². The Labute approximate surface area is 112 Å². The standard InChI is InChI=1S/C15H16N2O2/c1-15(2)7-10-4-3-5-13(14(10)19-15)18-12-6-11(16)8-17-9-12/h3-6,8-9H,7,16H2,1-2H3. The van der Waals surface area contributed by atoms with Gasteiger partial charge < -0.3 is 15.2 Å². The highest BCUT2D eigenvalue weighted by atomic mass is 16.5. The summed E-state index contributed by atoms with van der Waals surface area (Å²) in [7, 11) is 0. The Balaban J connectivity index is 1.94. The molecule has 19 heavy (non-hydrogen) atoms. The zero-order chi connectivity index (χ0) is 13.5. The summed E-state index contributed by atoms with van der Waals surface area (Å²) in [6.07, 6.45) is 4.10. The molecule has 98 valence electrons. The van der Waals surface area contributed by atoms with E-state index in [4.69, 9.17) is 15.2 Å². The summed E-state index contributed by atoms with van der Waals surface area (Å²) in [6, 6.07) is 7.67. The van der Waals surface area contributed by atoms with Crippen LogP contribution in [0.25, 0.3) is 0 Å². The number of anilines is 1. The molecule has 0 unspecified atom stereocenters. The van der Waals surface area contributed by atoms with E-state index in [-0.39, 0.29) is 5.60 Å². The number of pyridine rings is 1. The predicted molar refractivity (Wildman–Crippen MR) is 73.6 cm³/mol. The fourth-order valence-electron chi connectivity index (χ4n) is 2.29. The molecule has 3 rings (SSSR count). The first kappa shape index (κ1) is 11.8. The van der Waals surface area contributed by atoms with Gasteiger partial charge in [-0.05, 0) is 19.9 Å². The molecule has 1 aromatic carbocycles. The topological polar surface area (TPSA) is 57.4 Å². The lowest BCUT2D eigenvalue weighted by atomic mass is 10.0.